The molecule has 2 atom stereocenters. The zero-order valence-corrected chi connectivity index (χ0v) is 15.1. The Hall–Kier alpha value is -2.90. The molecule has 138 valence electrons. The van der Waals surface area contributed by atoms with Crippen LogP contribution < -0.4 is 5.32 Å². The minimum Gasteiger partial charge on any atom is -0.352 e. The molecule has 1 saturated heterocycles. The van der Waals surface area contributed by atoms with E-state index in [0.717, 1.165) is 31.0 Å². The first-order valence-corrected chi connectivity index (χ1v) is 8.75. The van der Waals surface area contributed by atoms with E-state index in [1.165, 1.54) is 6.07 Å². The maximum atomic E-state index is 10.9. The molecule has 26 heavy (non-hydrogen) atoms. The molecule has 1 aromatic carbocycles. The van der Waals surface area contributed by atoms with E-state index < -0.39 is 0 Å². The van der Waals surface area contributed by atoms with Gasteiger partial charge in [-0.05, 0) is 17.9 Å². The summed E-state index contributed by atoms with van der Waals surface area (Å²) in [5, 5.41) is 14.3. The molecule has 0 amide bonds. The molecule has 0 aliphatic carbocycles. The summed E-state index contributed by atoms with van der Waals surface area (Å²) in [7, 11) is 1.76. The van der Waals surface area contributed by atoms with E-state index >= 15 is 0 Å². The molecule has 1 aliphatic rings. The third-order valence-corrected chi connectivity index (χ3v) is 4.91. The minimum atomic E-state index is -0.375. The Morgan fingerprint density at radius 1 is 1.50 bits per heavy atom. The second kappa shape index (κ2) is 7.99. The van der Waals surface area contributed by atoms with E-state index in [1.807, 2.05) is 18.6 Å². The first-order chi connectivity index (χ1) is 12.6. The van der Waals surface area contributed by atoms with Gasteiger partial charge in [-0.1, -0.05) is 19.1 Å². The Balaban J connectivity index is 1.65. The number of aliphatic imine (C=N–C) groups is 1. The Bertz CT molecular complexity index is 774. The van der Waals surface area contributed by atoms with Gasteiger partial charge in [0, 0.05) is 51.2 Å². The number of nitro groups is 1. The SMILES string of the molecule is CN=C(NCc1cccc([N+](=O)[O-])c1)N1CCC(C)C(n2ccnc2)C1. The second-order valence-electron chi connectivity index (χ2n) is 6.62. The average molecular weight is 356 g/mol. The van der Waals surface area contributed by atoms with Crippen LogP contribution in [0.2, 0.25) is 0 Å². The summed E-state index contributed by atoms with van der Waals surface area (Å²) >= 11 is 0. The van der Waals surface area contributed by atoms with Gasteiger partial charge in [0.1, 0.15) is 0 Å². The highest BCUT2D eigenvalue weighted by molar-refractivity contribution is 5.80. The van der Waals surface area contributed by atoms with Crippen LogP contribution in [0.5, 0.6) is 0 Å². The highest BCUT2D eigenvalue weighted by Gasteiger charge is 2.28. The molecule has 0 saturated carbocycles. The number of nitrogens with zero attached hydrogens (tertiary/aromatic N) is 5. The predicted octanol–water partition coefficient (Wildman–Crippen LogP) is 2.45. The van der Waals surface area contributed by atoms with Crippen LogP contribution in [0.15, 0.2) is 48.0 Å². The molecular formula is C18H24N6O2. The monoisotopic (exact) mass is 356 g/mol. The van der Waals surface area contributed by atoms with Gasteiger partial charge >= 0.3 is 0 Å². The van der Waals surface area contributed by atoms with Gasteiger partial charge in [0.2, 0.25) is 0 Å². The van der Waals surface area contributed by atoms with Crippen LogP contribution in [-0.4, -0.2) is 45.5 Å². The van der Waals surface area contributed by atoms with Crippen molar-refractivity contribution in [2.45, 2.75) is 25.9 Å². The van der Waals surface area contributed by atoms with E-state index in [-0.39, 0.29) is 10.6 Å². The Kier molecular flexibility index (Phi) is 5.50. The number of rotatable bonds is 4. The quantitative estimate of drug-likeness (QED) is 0.393. The molecule has 1 aromatic heterocycles. The zero-order valence-electron chi connectivity index (χ0n) is 15.1. The Morgan fingerprint density at radius 3 is 3.04 bits per heavy atom. The van der Waals surface area contributed by atoms with Crippen LogP contribution in [0.3, 0.4) is 0 Å². The van der Waals surface area contributed by atoms with Gasteiger partial charge < -0.3 is 14.8 Å². The van der Waals surface area contributed by atoms with Crippen molar-refractivity contribution in [3.05, 3.63) is 58.7 Å². The molecule has 1 N–H and O–H groups in total. The summed E-state index contributed by atoms with van der Waals surface area (Å²) in [5.41, 5.74) is 0.961. The highest BCUT2D eigenvalue weighted by atomic mass is 16.6. The number of guanidine groups is 1. The minimum absolute atomic E-state index is 0.103. The van der Waals surface area contributed by atoms with Crippen molar-refractivity contribution in [1.82, 2.24) is 19.8 Å². The van der Waals surface area contributed by atoms with E-state index in [1.54, 1.807) is 25.4 Å². The molecule has 0 bridgehead atoms. The van der Waals surface area contributed by atoms with Gasteiger partial charge in [-0.15, -0.1) is 0 Å². The van der Waals surface area contributed by atoms with Crippen molar-refractivity contribution in [1.29, 1.82) is 0 Å². The Labute approximate surface area is 152 Å². The lowest BCUT2D eigenvalue weighted by molar-refractivity contribution is -0.384. The van der Waals surface area contributed by atoms with Crippen molar-refractivity contribution in [2.75, 3.05) is 20.1 Å². The van der Waals surface area contributed by atoms with Gasteiger partial charge in [-0.2, -0.15) is 0 Å². The van der Waals surface area contributed by atoms with Gasteiger partial charge in [-0.3, -0.25) is 15.1 Å². The molecule has 2 heterocycles. The maximum Gasteiger partial charge on any atom is 0.269 e. The molecule has 3 rings (SSSR count). The molecule has 2 aromatic rings. The first kappa shape index (κ1) is 17.9. The number of imidazole rings is 1. The van der Waals surface area contributed by atoms with Crippen LogP contribution >= 0.6 is 0 Å². The summed E-state index contributed by atoms with van der Waals surface area (Å²) in [4.78, 5) is 21.3. The number of hydrogen-bond donors (Lipinski definition) is 1. The van der Waals surface area contributed by atoms with Gasteiger partial charge in [0.25, 0.3) is 5.69 Å². The fraction of sp³-hybridized carbons (Fsp3) is 0.444. The summed E-state index contributed by atoms with van der Waals surface area (Å²) < 4.78 is 2.16. The summed E-state index contributed by atoms with van der Waals surface area (Å²) in [6.07, 6.45) is 6.75. The second-order valence-corrected chi connectivity index (χ2v) is 6.62. The van der Waals surface area contributed by atoms with E-state index in [0.29, 0.717) is 18.5 Å². The normalized spacial score (nSPS) is 20.8. The molecule has 1 fully saturated rings. The van der Waals surface area contributed by atoms with E-state index in [9.17, 15) is 10.1 Å². The van der Waals surface area contributed by atoms with Crippen LogP contribution in [0, 0.1) is 16.0 Å². The lowest BCUT2D eigenvalue weighted by Crippen LogP contribution is -2.48. The lowest BCUT2D eigenvalue weighted by atomic mass is 9.93. The molecule has 0 radical (unpaired) electrons. The van der Waals surface area contributed by atoms with Crippen molar-refractivity contribution in [3.8, 4) is 0 Å². The number of nitrogens with one attached hydrogen (secondary N) is 1. The topological polar surface area (TPSA) is 88.6 Å². The van der Waals surface area contributed by atoms with Crippen LogP contribution in [0.25, 0.3) is 0 Å². The molecule has 0 spiro atoms. The van der Waals surface area contributed by atoms with Crippen molar-refractivity contribution >= 4 is 11.6 Å². The average Bonchev–Trinajstić information content (AvgIpc) is 3.18. The molecule has 8 nitrogen and oxygen atoms in total. The van der Waals surface area contributed by atoms with E-state index in [4.69, 9.17) is 0 Å². The van der Waals surface area contributed by atoms with Gasteiger partial charge in [0.05, 0.1) is 17.3 Å². The molecular weight excluding hydrogens is 332 g/mol. The van der Waals surface area contributed by atoms with Crippen LogP contribution in [0.4, 0.5) is 5.69 Å². The fourth-order valence-electron chi connectivity index (χ4n) is 3.39. The number of likely N-dealkylation sites (tertiary alicyclic amines) is 1. The largest absolute Gasteiger partial charge is 0.352 e. The fourth-order valence-corrected chi connectivity index (χ4v) is 3.39. The van der Waals surface area contributed by atoms with Gasteiger partial charge in [-0.25, -0.2) is 4.98 Å². The molecule has 2 unspecified atom stereocenters. The van der Waals surface area contributed by atoms with Crippen molar-refractivity contribution in [2.24, 2.45) is 10.9 Å². The number of aromatic nitrogens is 2. The van der Waals surface area contributed by atoms with E-state index in [2.05, 4.69) is 31.7 Å². The summed E-state index contributed by atoms with van der Waals surface area (Å²) in [5.74, 6) is 1.38. The highest BCUT2D eigenvalue weighted by Crippen LogP contribution is 2.27. The maximum absolute atomic E-state index is 10.9. The predicted molar refractivity (Wildman–Crippen MR) is 99.9 cm³/mol. The third kappa shape index (κ3) is 4.01. The zero-order chi connectivity index (χ0) is 18.5. The van der Waals surface area contributed by atoms with Crippen molar-refractivity contribution < 1.29 is 4.92 Å². The Morgan fingerprint density at radius 2 is 2.35 bits per heavy atom. The smallest absolute Gasteiger partial charge is 0.269 e. The number of piperidine rings is 1. The first-order valence-electron chi connectivity index (χ1n) is 8.75. The molecule has 1 aliphatic heterocycles. The van der Waals surface area contributed by atoms with Crippen LogP contribution in [-0.2, 0) is 6.54 Å². The lowest BCUT2D eigenvalue weighted by Gasteiger charge is -2.39. The summed E-state index contributed by atoms with van der Waals surface area (Å²) in [6.45, 7) is 4.55. The summed E-state index contributed by atoms with van der Waals surface area (Å²) in [6, 6.07) is 7.02. The van der Waals surface area contributed by atoms with Crippen molar-refractivity contribution in [3.63, 3.8) is 0 Å². The molecule has 8 heteroatoms. The standard InChI is InChI=1S/C18H24N6O2/c1-14-6-8-22(12-17(14)23-9-7-20-13-23)18(19-2)21-11-15-4-3-5-16(10-15)24(25)26/h3-5,7,9-10,13-14,17H,6,8,11-12H2,1-2H3,(H,19,21). The number of non-ortho nitro benzene ring substituents is 1. The number of hydrogen-bond acceptors (Lipinski definition) is 4. The third-order valence-electron chi connectivity index (χ3n) is 4.91. The number of nitro benzene ring substituents is 1. The van der Waals surface area contributed by atoms with Gasteiger partial charge in [0.15, 0.2) is 5.96 Å². The van der Waals surface area contributed by atoms with Crippen LogP contribution in [0.1, 0.15) is 24.9 Å². The number of benzene rings is 1.